The third-order valence-electron chi connectivity index (χ3n) is 2.07. The molecule has 1 unspecified atom stereocenters. The van der Waals surface area contributed by atoms with E-state index >= 15 is 0 Å². The van der Waals surface area contributed by atoms with Gasteiger partial charge in [-0.2, -0.15) is 0 Å². The monoisotopic (exact) mass is 193 g/mol. The van der Waals surface area contributed by atoms with Gasteiger partial charge in [-0.3, -0.25) is 4.98 Å². The molecule has 0 saturated heterocycles. The normalized spacial score (nSPS) is 21.8. The van der Waals surface area contributed by atoms with Gasteiger partial charge < -0.3 is 10.6 Å². The maximum atomic E-state index is 5.76. The van der Waals surface area contributed by atoms with Crippen molar-refractivity contribution in [2.24, 2.45) is 5.73 Å². The molecular formula is C9H11N3S. The Morgan fingerprint density at radius 3 is 2.69 bits per heavy atom. The molecule has 0 radical (unpaired) electrons. The van der Waals surface area contributed by atoms with Crippen LogP contribution in [0.4, 0.5) is 0 Å². The van der Waals surface area contributed by atoms with Gasteiger partial charge in [-0.1, -0.05) is 0 Å². The van der Waals surface area contributed by atoms with Gasteiger partial charge >= 0.3 is 0 Å². The van der Waals surface area contributed by atoms with E-state index in [2.05, 4.69) is 9.88 Å². The molecule has 0 aliphatic carbocycles. The van der Waals surface area contributed by atoms with Crippen molar-refractivity contribution >= 4 is 11.8 Å². The Balaban J connectivity index is 2.22. The molecule has 1 aliphatic rings. The van der Waals surface area contributed by atoms with Gasteiger partial charge in [0.2, 0.25) is 0 Å². The molecule has 2 rings (SSSR count). The van der Waals surface area contributed by atoms with Crippen LogP contribution in [0, 0.1) is 0 Å². The van der Waals surface area contributed by atoms with Crippen molar-refractivity contribution in [2.45, 2.75) is 5.37 Å². The summed E-state index contributed by atoms with van der Waals surface area (Å²) in [5.41, 5.74) is 6.99. The van der Waals surface area contributed by atoms with Crippen molar-refractivity contribution < 1.29 is 0 Å². The van der Waals surface area contributed by atoms with E-state index in [1.807, 2.05) is 24.6 Å². The third kappa shape index (κ3) is 1.49. The lowest BCUT2D eigenvalue weighted by atomic mass is 10.2. The quantitative estimate of drug-likeness (QED) is 0.734. The smallest absolute Gasteiger partial charge is 0.106 e. The maximum absolute atomic E-state index is 5.76. The molecular weight excluding hydrogens is 182 g/mol. The van der Waals surface area contributed by atoms with Crippen LogP contribution in [0.15, 0.2) is 35.8 Å². The van der Waals surface area contributed by atoms with Gasteiger partial charge in [-0.25, -0.2) is 0 Å². The molecule has 1 aliphatic heterocycles. The minimum atomic E-state index is 0.308. The zero-order valence-electron chi connectivity index (χ0n) is 7.34. The first-order chi connectivity index (χ1) is 6.29. The molecule has 2 N–H and O–H groups in total. The number of hydrogen-bond donors (Lipinski definition) is 1. The first kappa shape index (κ1) is 8.44. The lowest BCUT2D eigenvalue weighted by Gasteiger charge is -2.22. The number of aromatic nitrogens is 1. The highest BCUT2D eigenvalue weighted by Gasteiger charge is 2.22. The van der Waals surface area contributed by atoms with E-state index in [1.165, 1.54) is 5.56 Å². The largest absolute Gasteiger partial charge is 0.385 e. The Morgan fingerprint density at radius 2 is 2.15 bits per heavy atom. The van der Waals surface area contributed by atoms with E-state index in [0.29, 0.717) is 5.37 Å². The molecule has 68 valence electrons. The van der Waals surface area contributed by atoms with Crippen LogP contribution in [0.5, 0.6) is 0 Å². The molecule has 0 saturated carbocycles. The Labute approximate surface area is 81.6 Å². The summed E-state index contributed by atoms with van der Waals surface area (Å²) in [6.45, 7) is 0. The van der Waals surface area contributed by atoms with Gasteiger partial charge in [0.15, 0.2) is 0 Å². The molecule has 0 amide bonds. The fourth-order valence-electron chi connectivity index (χ4n) is 1.27. The second kappa shape index (κ2) is 3.30. The fraction of sp³-hybridized carbons (Fsp3) is 0.222. The van der Waals surface area contributed by atoms with Crippen molar-refractivity contribution in [3.8, 4) is 0 Å². The molecule has 0 bridgehead atoms. The van der Waals surface area contributed by atoms with Gasteiger partial charge in [0, 0.05) is 24.8 Å². The average molecular weight is 193 g/mol. The molecule has 1 aromatic heterocycles. The summed E-state index contributed by atoms with van der Waals surface area (Å²) < 4.78 is 0. The lowest BCUT2D eigenvalue weighted by Crippen LogP contribution is -2.21. The van der Waals surface area contributed by atoms with Crippen molar-refractivity contribution in [3.63, 3.8) is 0 Å². The number of nitrogens with two attached hydrogens (primary N) is 1. The maximum Gasteiger partial charge on any atom is 0.106 e. The summed E-state index contributed by atoms with van der Waals surface area (Å²) >= 11 is 1.72. The van der Waals surface area contributed by atoms with E-state index in [9.17, 15) is 0 Å². The van der Waals surface area contributed by atoms with Crippen molar-refractivity contribution in [2.75, 3.05) is 7.05 Å². The third-order valence-corrected chi connectivity index (χ3v) is 3.29. The van der Waals surface area contributed by atoms with Gasteiger partial charge in [0.05, 0.1) is 0 Å². The predicted molar refractivity (Wildman–Crippen MR) is 54.6 cm³/mol. The van der Waals surface area contributed by atoms with Crippen molar-refractivity contribution in [1.82, 2.24) is 9.88 Å². The van der Waals surface area contributed by atoms with Gasteiger partial charge in [0.25, 0.3) is 0 Å². The number of hydrogen-bond acceptors (Lipinski definition) is 4. The highest BCUT2D eigenvalue weighted by Crippen LogP contribution is 2.39. The first-order valence-electron chi connectivity index (χ1n) is 4.03. The summed E-state index contributed by atoms with van der Waals surface area (Å²) in [6.07, 6.45) is 3.61. The molecule has 4 heteroatoms. The zero-order chi connectivity index (χ0) is 9.26. The van der Waals surface area contributed by atoms with E-state index < -0.39 is 0 Å². The topological polar surface area (TPSA) is 42.1 Å². The van der Waals surface area contributed by atoms with Crippen LogP contribution in [0.2, 0.25) is 0 Å². The number of thioether (sulfide) groups is 1. The molecule has 1 aromatic rings. The van der Waals surface area contributed by atoms with Crippen molar-refractivity contribution in [1.29, 1.82) is 0 Å². The van der Waals surface area contributed by atoms with E-state index in [4.69, 9.17) is 5.73 Å². The minimum Gasteiger partial charge on any atom is -0.385 e. The Kier molecular flexibility index (Phi) is 2.14. The van der Waals surface area contributed by atoms with Crippen LogP contribution in [0.3, 0.4) is 0 Å². The van der Waals surface area contributed by atoms with E-state index in [1.54, 1.807) is 24.2 Å². The standard InChI is InChI=1S/C9H11N3S/c1-12-8(10)6-13-9(12)7-2-4-11-5-3-7/h2-6,9H,10H2,1H3. The number of pyridine rings is 1. The van der Waals surface area contributed by atoms with Crippen LogP contribution in [-0.4, -0.2) is 16.9 Å². The molecule has 0 fully saturated rings. The summed E-state index contributed by atoms with van der Waals surface area (Å²) in [6, 6.07) is 4.03. The fourth-order valence-corrected chi connectivity index (χ4v) is 2.33. The van der Waals surface area contributed by atoms with Crippen LogP contribution >= 0.6 is 11.8 Å². The second-order valence-corrected chi connectivity index (χ2v) is 3.88. The molecule has 1 atom stereocenters. The van der Waals surface area contributed by atoms with Gasteiger partial charge in [-0.05, 0) is 17.7 Å². The lowest BCUT2D eigenvalue weighted by molar-refractivity contribution is 0.406. The Morgan fingerprint density at radius 1 is 1.46 bits per heavy atom. The highest BCUT2D eigenvalue weighted by atomic mass is 32.2. The molecule has 0 spiro atoms. The highest BCUT2D eigenvalue weighted by molar-refractivity contribution is 8.02. The number of nitrogens with zero attached hydrogens (tertiary/aromatic N) is 2. The van der Waals surface area contributed by atoms with Crippen LogP contribution in [0.1, 0.15) is 10.9 Å². The molecule has 0 aromatic carbocycles. The summed E-state index contributed by atoms with van der Waals surface area (Å²) in [7, 11) is 2.00. The van der Waals surface area contributed by atoms with Crippen LogP contribution in [-0.2, 0) is 0 Å². The zero-order valence-corrected chi connectivity index (χ0v) is 8.16. The first-order valence-corrected chi connectivity index (χ1v) is 4.97. The minimum absolute atomic E-state index is 0.308. The average Bonchev–Trinajstić information content (AvgIpc) is 2.49. The van der Waals surface area contributed by atoms with Crippen LogP contribution < -0.4 is 5.73 Å². The summed E-state index contributed by atoms with van der Waals surface area (Å²) in [5, 5.41) is 2.29. The summed E-state index contributed by atoms with van der Waals surface area (Å²) in [5.74, 6) is 0.826. The molecule has 2 heterocycles. The number of rotatable bonds is 1. The molecule has 3 nitrogen and oxygen atoms in total. The van der Waals surface area contributed by atoms with Gasteiger partial charge in [-0.15, -0.1) is 11.8 Å². The Bertz CT molecular complexity index is 323. The van der Waals surface area contributed by atoms with E-state index in [0.717, 1.165) is 5.82 Å². The summed E-state index contributed by atoms with van der Waals surface area (Å²) in [4.78, 5) is 6.04. The second-order valence-electron chi connectivity index (χ2n) is 2.92. The van der Waals surface area contributed by atoms with Crippen molar-refractivity contribution in [3.05, 3.63) is 41.3 Å². The predicted octanol–water partition coefficient (Wildman–Crippen LogP) is 1.52. The molecule has 13 heavy (non-hydrogen) atoms. The SMILES string of the molecule is CN1C(N)=CSC1c1ccncc1. The Hall–Kier alpha value is -1.16. The van der Waals surface area contributed by atoms with Crippen LogP contribution in [0.25, 0.3) is 0 Å². The van der Waals surface area contributed by atoms with Gasteiger partial charge in [0.1, 0.15) is 11.2 Å². The van der Waals surface area contributed by atoms with E-state index in [-0.39, 0.29) is 0 Å².